The molecule has 0 aliphatic heterocycles. The maximum Gasteiger partial charge on any atom is 0.0392 e. The van der Waals surface area contributed by atoms with Gasteiger partial charge in [-0.2, -0.15) is 0 Å². The lowest BCUT2D eigenvalue weighted by Gasteiger charge is -2.29. The Hall–Kier alpha value is -0.340. The topological polar surface area (TPSA) is 26.0 Å². The highest BCUT2D eigenvalue weighted by atomic mass is 32.1. The second-order valence-electron chi connectivity index (χ2n) is 5.12. The van der Waals surface area contributed by atoms with Gasteiger partial charge in [-0.1, -0.05) is 33.8 Å². The van der Waals surface area contributed by atoms with Crippen molar-refractivity contribution < 1.29 is 0 Å². The van der Waals surface area contributed by atoms with Crippen molar-refractivity contribution in [2.45, 2.75) is 40.2 Å². The lowest BCUT2D eigenvalue weighted by Crippen LogP contribution is -2.22. The van der Waals surface area contributed by atoms with E-state index in [0.717, 1.165) is 6.42 Å². The summed E-state index contributed by atoms with van der Waals surface area (Å²) in [5, 5.41) is 2.09. The summed E-state index contributed by atoms with van der Waals surface area (Å²) in [6.07, 6.45) is 1.07. The van der Waals surface area contributed by atoms with Crippen LogP contribution in [-0.2, 0) is 0 Å². The fraction of sp³-hybridized carbons (Fsp3) is 0.667. The van der Waals surface area contributed by atoms with Gasteiger partial charge in [0.1, 0.15) is 0 Å². The van der Waals surface area contributed by atoms with E-state index in [1.165, 1.54) is 4.88 Å². The van der Waals surface area contributed by atoms with E-state index >= 15 is 0 Å². The van der Waals surface area contributed by atoms with Crippen molar-refractivity contribution in [1.29, 1.82) is 0 Å². The Labute approximate surface area is 91.3 Å². The minimum Gasteiger partial charge on any atom is -0.323 e. The molecule has 0 spiro atoms. The van der Waals surface area contributed by atoms with Crippen LogP contribution in [0, 0.1) is 11.3 Å². The van der Waals surface area contributed by atoms with Gasteiger partial charge in [-0.15, -0.1) is 11.3 Å². The highest BCUT2D eigenvalue weighted by molar-refractivity contribution is 7.10. The molecule has 2 unspecified atom stereocenters. The molecular weight excluding hydrogens is 190 g/mol. The van der Waals surface area contributed by atoms with Crippen LogP contribution in [0.1, 0.15) is 45.0 Å². The van der Waals surface area contributed by atoms with Crippen LogP contribution in [0.25, 0.3) is 0 Å². The minimum absolute atomic E-state index is 0.212. The van der Waals surface area contributed by atoms with Crippen LogP contribution in [0.15, 0.2) is 17.5 Å². The summed E-state index contributed by atoms with van der Waals surface area (Å²) < 4.78 is 0. The van der Waals surface area contributed by atoms with Gasteiger partial charge in [0.05, 0.1) is 0 Å². The summed E-state index contributed by atoms with van der Waals surface area (Å²) >= 11 is 1.76. The average Bonchev–Trinajstić information content (AvgIpc) is 2.53. The summed E-state index contributed by atoms with van der Waals surface area (Å²) in [7, 11) is 0. The molecule has 0 fully saturated rings. The molecule has 0 saturated heterocycles. The van der Waals surface area contributed by atoms with Crippen molar-refractivity contribution in [2.24, 2.45) is 17.1 Å². The number of hydrogen-bond donors (Lipinski definition) is 1. The van der Waals surface area contributed by atoms with E-state index in [1.807, 2.05) is 0 Å². The van der Waals surface area contributed by atoms with Gasteiger partial charge in [0.25, 0.3) is 0 Å². The highest BCUT2D eigenvalue weighted by Gasteiger charge is 2.22. The van der Waals surface area contributed by atoms with E-state index in [2.05, 4.69) is 45.2 Å². The Kier molecular flexibility index (Phi) is 3.73. The third-order valence-corrected chi connectivity index (χ3v) is 4.00. The smallest absolute Gasteiger partial charge is 0.0392 e. The number of rotatable bonds is 3. The minimum atomic E-state index is 0.212. The summed E-state index contributed by atoms with van der Waals surface area (Å²) in [5.74, 6) is 0.652. The first-order chi connectivity index (χ1) is 6.41. The van der Waals surface area contributed by atoms with Gasteiger partial charge >= 0.3 is 0 Å². The predicted octanol–water partition coefficient (Wildman–Crippen LogP) is 3.82. The Morgan fingerprint density at radius 3 is 2.50 bits per heavy atom. The van der Waals surface area contributed by atoms with Crippen LogP contribution >= 0.6 is 11.3 Å². The van der Waals surface area contributed by atoms with Crippen LogP contribution in [-0.4, -0.2) is 0 Å². The average molecular weight is 211 g/mol. The first-order valence-corrected chi connectivity index (χ1v) is 6.08. The van der Waals surface area contributed by atoms with Crippen LogP contribution in [0.5, 0.6) is 0 Å². The van der Waals surface area contributed by atoms with E-state index in [1.54, 1.807) is 11.3 Å². The third kappa shape index (κ3) is 3.10. The molecule has 2 atom stereocenters. The van der Waals surface area contributed by atoms with Crippen molar-refractivity contribution in [3.63, 3.8) is 0 Å². The molecule has 0 amide bonds. The van der Waals surface area contributed by atoms with Crippen LogP contribution < -0.4 is 5.73 Å². The molecule has 1 aromatic heterocycles. The van der Waals surface area contributed by atoms with Crippen molar-refractivity contribution in [2.75, 3.05) is 0 Å². The van der Waals surface area contributed by atoms with Crippen LogP contribution in [0.2, 0.25) is 0 Å². The zero-order valence-electron chi connectivity index (χ0n) is 9.58. The van der Waals surface area contributed by atoms with Gasteiger partial charge in [-0.05, 0) is 29.2 Å². The Morgan fingerprint density at radius 2 is 2.07 bits per heavy atom. The van der Waals surface area contributed by atoms with Crippen molar-refractivity contribution in [3.05, 3.63) is 22.4 Å². The molecule has 0 aliphatic carbocycles. The second kappa shape index (κ2) is 4.45. The van der Waals surface area contributed by atoms with Crippen LogP contribution in [0.3, 0.4) is 0 Å². The zero-order chi connectivity index (χ0) is 10.8. The highest BCUT2D eigenvalue weighted by Crippen LogP contribution is 2.33. The molecule has 80 valence electrons. The molecule has 2 heteroatoms. The summed E-state index contributed by atoms with van der Waals surface area (Å²) in [6.45, 7) is 9.11. The van der Waals surface area contributed by atoms with Gasteiger partial charge in [-0.3, -0.25) is 0 Å². The molecule has 14 heavy (non-hydrogen) atoms. The zero-order valence-corrected chi connectivity index (χ0v) is 10.4. The largest absolute Gasteiger partial charge is 0.323 e. The monoisotopic (exact) mass is 211 g/mol. The number of hydrogen-bond acceptors (Lipinski definition) is 2. The molecule has 0 aliphatic rings. The fourth-order valence-electron chi connectivity index (χ4n) is 1.35. The molecule has 1 heterocycles. The molecule has 1 rings (SSSR count). The van der Waals surface area contributed by atoms with Gasteiger partial charge < -0.3 is 5.73 Å². The van der Waals surface area contributed by atoms with Gasteiger partial charge in [0, 0.05) is 10.9 Å². The standard InChI is InChI=1S/C12H21NS/c1-9(12(2,3)4)8-10(13)11-6-5-7-14-11/h5-7,9-10H,8,13H2,1-4H3. The van der Waals surface area contributed by atoms with Crippen molar-refractivity contribution in [1.82, 2.24) is 0 Å². The Bertz CT molecular complexity index is 258. The quantitative estimate of drug-likeness (QED) is 0.808. The molecule has 0 radical (unpaired) electrons. The Balaban J connectivity index is 2.53. The molecule has 0 bridgehead atoms. The Morgan fingerprint density at radius 1 is 1.43 bits per heavy atom. The summed E-state index contributed by atoms with van der Waals surface area (Å²) in [5.41, 5.74) is 6.50. The van der Waals surface area contributed by atoms with Crippen LogP contribution in [0.4, 0.5) is 0 Å². The van der Waals surface area contributed by atoms with Gasteiger partial charge in [-0.25, -0.2) is 0 Å². The molecular formula is C12H21NS. The van der Waals surface area contributed by atoms with E-state index in [9.17, 15) is 0 Å². The normalized spacial score (nSPS) is 16.6. The van der Waals surface area contributed by atoms with Crippen molar-refractivity contribution >= 4 is 11.3 Å². The van der Waals surface area contributed by atoms with E-state index < -0.39 is 0 Å². The number of thiophene rings is 1. The summed E-state index contributed by atoms with van der Waals surface area (Å²) in [4.78, 5) is 1.31. The maximum atomic E-state index is 6.15. The second-order valence-corrected chi connectivity index (χ2v) is 6.10. The number of nitrogens with two attached hydrogens (primary N) is 1. The van der Waals surface area contributed by atoms with Crippen molar-refractivity contribution in [3.8, 4) is 0 Å². The lowest BCUT2D eigenvalue weighted by atomic mass is 9.78. The SMILES string of the molecule is CC(CC(N)c1cccs1)C(C)(C)C. The first-order valence-electron chi connectivity index (χ1n) is 5.20. The third-order valence-electron chi connectivity index (χ3n) is 2.99. The fourth-order valence-corrected chi connectivity index (χ4v) is 2.10. The van der Waals surface area contributed by atoms with E-state index in [-0.39, 0.29) is 6.04 Å². The lowest BCUT2D eigenvalue weighted by molar-refractivity contribution is 0.234. The molecule has 1 nitrogen and oxygen atoms in total. The molecule has 2 N–H and O–H groups in total. The molecule has 0 saturated carbocycles. The van der Waals surface area contributed by atoms with Gasteiger partial charge in [0.15, 0.2) is 0 Å². The van der Waals surface area contributed by atoms with Gasteiger partial charge in [0.2, 0.25) is 0 Å². The predicted molar refractivity (Wildman–Crippen MR) is 64.5 cm³/mol. The van der Waals surface area contributed by atoms with E-state index in [4.69, 9.17) is 5.73 Å². The molecule has 1 aromatic rings. The van der Waals surface area contributed by atoms with E-state index in [0.29, 0.717) is 11.3 Å². The molecule has 0 aromatic carbocycles. The summed E-state index contributed by atoms with van der Waals surface area (Å²) in [6, 6.07) is 4.41. The maximum absolute atomic E-state index is 6.15. The first kappa shape index (κ1) is 11.7.